The standard InChI is InChI=1S/C17H18ClFN2O3S2/c18-15-5-6-16(25-15)26(23,24)21-9-7-13(8-10-21)17(22)20-11-12-1-3-14(19)4-2-12/h1-6,13H,7-11H2,(H,20,22). The lowest BCUT2D eigenvalue weighted by atomic mass is 9.97. The molecule has 26 heavy (non-hydrogen) atoms. The van der Waals surface area contributed by atoms with Crippen LogP contribution in [0.2, 0.25) is 4.34 Å². The van der Waals surface area contributed by atoms with Gasteiger partial charge < -0.3 is 5.32 Å². The summed E-state index contributed by atoms with van der Waals surface area (Å²) in [5.41, 5.74) is 0.814. The zero-order chi connectivity index (χ0) is 18.7. The van der Waals surface area contributed by atoms with Crippen LogP contribution in [0.4, 0.5) is 4.39 Å². The van der Waals surface area contributed by atoms with Gasteiger partial charge >= 0.3 is 0 Å². The van der Waals surface area contributed by atoms with Crippen molar-refractivity contribution in [2.75, 3.05) is 13.1 Å². The number of halogens is 2. The van der Waals surface area contributed by atoms with Gasteiger partial charge in [0.2, 0.25) is 5.91 Å². The predicted octanol–water partition coefficient (Wildman–Crippen LogP) is 3.26. The predicted molar refractivity (Wildman–Crippen MR) is 99.1 cm³/mol. The van der Waals surface area contributed by atoms with E-state index >= 15 is 0 Å². The minimum atomic E-state index is -3.55. The molecule has 0 radical (unpaired) electrons. The molecule has 1 aromatic heterocycles. The molecule has 5 nitrogen and oxygen atoms in total. The van der Waals surface area contributed by atoms with Gasteiger partial charge in [-0.15, -0.1) is 11.3 Å². The molecule has 1 aliphatic heterocycles. The average molecular weight is 417 g/mol. The monoisotopic (exact) mass is 416 g/mol. The molecule has 0 bridgehead atoms. The van der Waals surface area contributed by atoms with E-state index in [1.165, 1.54) is 22.5 Å². The fourth-order valence-corrected chi connectivity index (χ4v) is 5.96. The van der Waals surface area contributed by atoms with Gasteiger partial charge in [0.25, 0.3) is 10.0 Å². The van der Waals surface area contributed by atoms with Gasteiger partial charge in [0.15, 0.2) is 0 Å². The summed E-state index contributed by atoms with van der Waals surface area (Å²) in [6.07, 6.45) is 0.932. The van der Waals surface area contributed by atoms with Gasteiger partial charge in [-0.2, -0.15) is 4.31 Å². The molecular formula is C17H18ClFN2O3S2. The first-order valence-corrected chi connectivity index (χ1v) is 10.8. The molecule has 0 unspecified atom stereocenters. The number of benzene rings is 1. The number of carbonyl (C=O) groups is 1. The number of piperidine rings is 1. The van der Waals surface area contributed by atoms with E-state index in [2.05, 4.69) is 5.32 Å². The smallest absolute Gasteiger partial charge is 0.252 e. The molecule has 1 fully saturated rings. The molecule has 0 atom stereocenters. The Morgan fingerprint density at radius 3 is 2.42 bits per heavy atom. The van der Waals surface area contributed by atoms with E-state index in [0.717, 1.165) is 16.9 Å². The Hall–Kier alpha value is -1.48. The molecule has 2 heterocycles. The lowest BCUT2D eigenvalue weighted by Gasteiger charge is -2.30. The zero-order valence-electron chi connectivity index (χ0n) is 13.8. The highest BCUT2D eigenvalue weighted by atomic mass is 35.5. The number of hydrogen-bond acceptors (Lipinski definition) is 4. The summed E-state index contributed by atoms with van der Waals surface area (Å²) >= 11 is 6.86. The number of sulfonamides is 1. The van der Waals surface area contributed by atoms with E-state index < -0.39 is 10.0 Å². The molecule has 0 spiro atoms. The summed E-state index contributed by atoms with van der Waals surface area (Å²) < 4.78 is 40.1. The minimum absolute atomic E-state index is 0.106. The highest BCUT2D eigenvalue weighted by Gasteiger charge is 2.32. The average Bonchev–Trinajstić information content (AvgIpc) is 3.08. The minimum Gasteiger partial charge on any atom is -0.352 e. The van der Waals surface area contributed by atoms with E-state index in [9.17, 15) is 17.6 Å². The molecular weight excluding hydrogens is 399 g/mol. The van der Waals surface area contributed by atoms with Crippen LogP contribution in [-0.4, -0.2) is 31.7 Å². The number of nitrogens with one attached hydrogen (secondary N) is 1. The molecule has 9 heteroatoms. The van der Waals surface area contributed by atoms with Crippen LogP contribution in [0.3, 0.4) is 0 Å². The van der Waals surface area contributed by atoms with Crippen molar-refractivity contribution in [3.05, 3.63) is 52.1 Å². The Labute approximate surface area is 160 Å². The first kappa shape index (κ1) is 19.3. The SMILES string of the molecule is O=C(NCc1ccc(F)cc1)C1CCN(S(=O)(=O)c2ccc(Cl)s2)CC1. The van der Waals surface area contributed by atoms with Crippen molar-refractivity contribution in [2.24, 2.45) is 5.92 Å². The third kappa shape index (κ3) is 4.43. The van der Waals surface area contributed by atoms with Gasteiger partial charge in [-0.1, -0.05) is 23.7 Å². The van der Waals surface area contributed by atoms with E-state index in [1.807, 2.05) is 0 Å². The summed E-state index contributed by atoms with van der Waals surface area (Å²) in [7, 11) is -3.55. The third-order valence-electron chi connectivity index (χ3n) is 4.35. The maximum atomic E-state index is 12.9. The van der Waals surface area contributed by atoms with Crippen molar-refractivity contribution in [1.29, 1.82) is 0 Å². The van der Waals surface area contributed by atoms with Crippen LogP contribution in [0.1, 0.15) is 18.4 Å². The van der Waals surface area contributed by atoms with Gasteiger partial charge in [0, 0.05) is 25.6 Å². The third-order valence-corrected chi connectivity index (χ3v) is 7.94. The van der Waals surface area contributed by atoms with Crippen molar-refractivity contribution in [1.82, 2.24) is 9.62 Å². The Balaban J connectivity index is 1.53. The van der Waals surface area contributed by atoms with Gasteiger partial charge in [0.1, 0.15) is 10.0 Å². The van der Waals surface area contributed by atoms with Crippen LogP contribution < -0.4 is 5.32 Å². The molecule has 0 saturated carbocycles. The second-order valence-corrected chi connectivity index (χ2v) is 9.96. The molecule has 1 saturated heterocycles. The molecule has 1 aliphatic rings. The Morgan fingerprint density at radius 1 is 1.19 bits per heavy atom. The maximum Gasteiger partial charge on any atom is 0.252 e. The quantitative estimate of drug-likeness (QED) is 0.813. The lowest BCUT2D eigenvalue weighted by Crippen LogP contribution is -2.42. The number of carbonyl (C=O) groups excluding carboxylic acids is 1. The second kappa shape index (κ2) is 8.04. The van der Waals surface area contributed by atoms with Crippen molar-refractivity contribution in [3.63, 3.8) is 0 Å². The molecule has 1 amide bonds. The molecule has 140 valence electrons. The van der Waals surface area contributed by atoms with Crippen molar-refractivity contribution >= 4 is 38.9 Å². The molecule has 0 aliphatic carbocycles. The van der Waals surface area contributed by atoms with Crippen molar-refractivity contribution in [2.45, 2.75) is 23.6 Å². The highest BCUT2D eigenvalue weighted by Crippen LogP contribution is 2.30. The number of amides is 1. The van der Waals surface area contributed by atoms with E-state index in [-0.39, 0.29) is 21.9 Å². The Morgan fingerprint density at radius 2 is 1.85 bits per heavy atom. The summed E-state index contributed by atoms with van der Waals surface area (Å²) in [6.45, 7) is 0.921. The van der Waals surface area contributed by atoms with Gasteiger partial charge in [-0.25, -0.2) is 12.8 Å². The van der Waals surface area contributed by atoms with Crippen molar-refractivity contribution in [3.8, 4) is 0 Å². The molecule has 1 N–H and O–H groups in total. The van der Waals surface area contributed by atoms with E-state index in [4.69, 9.17) is 11.6 Å². The maximum absolute atomic E-state index is 12.9. The number of hydrogen-bond donors (Lipinski definition) is 1. The highest BCUT2D eigenvalue weighted by molar-refractivity contribution is 7.91. The summed E-state index contributed by atoms with van der Waals surface area (Å²) in [5.74, 6) is -0.653. The van der Waals surface area contributed by atoms with Crippen LogP contribution >= 0.6 is 22.9 Å². The molecule has 1 aromatic carbocycles. The van der Waals surface area contributed by atoms with E-state index in [0.29, 0.717) is 36.8 Å². The Bertz CT molecular complexity index is 876. The summed E-state index contributed by atoms with van der Waals surface area (Å²) in [4.78, 5) is 12.3. The van der Waals surface area contributed by atoms with Gasteiger partial charge in [-0.3, -0.25) is 4.79 Å². The second-order valence-electron chi connectivity index (χ2n) is 6.08. The summed E-state index contributed by atoms with van der Waals surface area (Å²) in [5, 5.41) is 2.83. The molecule has 2 aromatic rings. The fourth-order valence-electron chi connectivity index (χ4n) is 2.86. The van der Waals surface area contributed by atoms with Crippen molar-refractivity contribution < 1.29 is 17.6 Å². The van der Waals surface area contributed by atoms with Gasteiger partial charge in [-0.05, 0) is 42.7 Å². The zero-order valence-corrected chi connectivity index (χ0v) is 16.2. The van der Waals surface area contributed by atoms with Crippen LogP contribution in [0, 0.1) is 11.7 Å². The van der Waals surface area contributed by atoms with Crippen LogP contribution in [-0.2, 0) is 21.4 Å². The number of nitrogens with zero attached hydrogens (tertiary/aromatic N) is 1. The Kier molecular flexibility index (Phi) is 5.96. The first-order valence-electron chi connectivity index (χ1n) is 8.14. The van der Waals surface area contributed by atoms with Gasteiger partial charge in [0.05, 0.1) is 4.34 Å². The number of rotatable bonds is 5. The van der Waals surface area contributed by atoms with E-state index in [1.54, 1.807) is 18.2 Å². The topological polar surface area (TPSA) is 66.5 Å². The largest absolute Gasteiger partial charge is 0.352 e. The van der Waals surface area contributed by atoms with Crippen LogP contribution in [0.25, 0.3) is 0 Å². The lowest BCUT2D eigenvalue weighted by molar-refractivity contribution is -0.126. The summed E-state index contributed by atoms with van der Waals surface area (Å²) in [6, 6.07) is 9.01. The fraction of sp³-hybridized carbons (Fsp3) is 0.353. The van der Waals surface area contributed by atoms with Crippen LogP contribution in [0.15, 0.2) is 40.6 Å². The number of thiophene rings is 1. The van der Waals surface area contributed by atoms with Crippen LogP contribution in [0.5, 0.6) is 0 Å². The molecule has 3 rings (SSSR count). The normalized spacial score (nSPS) is 16.5. The first-order chi connectivity index (χ1) is 12.4.